The lowest BCUT2D eigenvalue weighted by molar-refractivity contribution is -0.130. The molecule has 1 N–H and O–H groups in total. The third-order valence-electron chi connectivity index (χ3n) is 4.32. The van der Waals surface area contributed by atoms with E-state index in [9.17, 15) is 14.4 Å². The second-order valence-corrected chi connectivity index (χ2v) is 6.60. The first-order valence-electron chi connectivity index (χ1n) is 8.53. The number of carbonyl (C=O) groups excluding carboxylic acids is 3. The minimum atomic E-state index is -0.409. The number of pyridine rings is 1. The highest BCUT2D eigenvalue weighted by atomic mass is 35.5. The maximum atomic E-state index is 12.7. The van der Waals surface area contributed by atoms with E-state index in [1.165, 1.54) is 6.92 Å². The average molecular weight is 387 g/mol. The van der Waals surface area contributed by atoms with Gasteiger partial charge in [0.2, 0.25) is 5.91 Å². The molecule has 1 aromatic heterocycles. The minimum absolute atomic E-state index is 0.00101. The van der Waals surface area contributed by atoms with Crippen LogP contribution in [0.4, 0.5) is 5.69 Å². The van der Waals surface area contributed by atoms with Crippen molar-refractivity contribution >= 4 is 35.0 Å². The molecule has 8 heteroatoms. The Bertz CT molecular complexity index is 862. The molecule has 0 atom stereocenters. The first kappa shape index (κ1) is 18.8. The quantitative estimate of drug-likeness (QED) is 0.877. The smallest absolute Gasteiger partial charge is 0.274 e. The molecule has 2 heterocycles. The highest BCUT2D eigenvalue weighted by Gasteiger charge is 2.24. The number of anilines is 1. The number of aromatic nitrogens is 1. The summed E-state index contributed by atoms with van der Waals surface area (Å²) in [7, 11) is 0. The molecule has 0 radical (unpaired) electrons. The molecule has 1 aliphatic heterocycles. The van der Waals surface area contributed by atoms with E-state index in [0.29, 0.717) is 36.9 Å². The summed E-state index contributed by atoms with van der Waals surface area (Å²) in [6.07, 6.45) is 0. The van der Waals surface area contributed by atoms with Gasteiger partial charge in [-0.3, -0.25) is 14.4 Å². The highest BCUT2D eigenvalue weighted by Crippen LogP contribution is 2.15. The van der Waals surface area contributed by atoms with Crippen LogP contribution >= 0.6 is 11.6 Å². The molecule has 0 unspecified atom stereocenters. The largest absolute Gasteiger partial charge is 0.339 e. The predicted octanol–water partition coefficient (Wildman–Crippen LogP) is 2.29. The number of hydrogen-bond donors (Lipinski definition) is 1. The minimum Gasteiger partial charge on any atom is -0.339 e. The van der Waals surface area contributed by atoms with Crippen LogP contribution in [-0.4, -0.2) is 58.7 Å². The van der Waals surface area contributed by atoms with E-state index < -0.39 is 5.91 Å². The number of carbonyl (C=O) groups is 3. The monoisotopic (exact) mass is 386 g/mol. The van der Waals surface area contributed by atoms with Crippen LogP contribution in [0.1, 0.15) is 27.9 Å². The van der Waals surface area contributed by atoms with Crippen molar-refractivity contribution in [3.8, 4) is 0 Å². The molecule has 3 amide bonds. The van der Waals surface area contributed by atoms with Crippen molar-refractivity contribution in [3.05, 3.63) is 58.9 Å². The zero-order valence-corrected chi connectivity index (χ0v) is 15.6. The number of rotatable bonds is 3. The summed E-state index contributed by atoms with van der Waals surface area (Å²) < 4.78 is 0. The summed E-state index contributed by atoms with van der Waals surface area (Å²) in [5.74, 6) is -0.659. The molecule has 27 heavy (non-hydrogen) atoms. The van der Waals surface area contributed by atoms with Gasteiger partial charge in [0.05, 0.1) is 0 Å². The van der Waals surface area contributed by atoms with Crippen LogP contribution in [0, 0.1) is 0 Å². The molecule has 7 nitrogen and oxygen atoms in total. The Hall–Kier alpha value is -2.93. The maximum Gasteiger partial charge on any atom is 0.274 e. The Kier molecular flexibility index (Phi) is 5.71. The summed E-state index contributed by atoms with van der Waals surface area (Å²) in [4.78, 5) is 44.0. The molecule has 2 aromatic rings. The number of nitrogens with zero attached hydrogens (tertiary/aromatic N) is 3. The van der Waals surface area contributed by atoms with E-state index in [4.69, 9.17) is 11.6 Å². The van der Waals surface area contributed by atoms with Gasteiger partial charge >= 0.3 is 0 Å². The summed E-state index contributed by atoms with van der Waals surface area (Å²) in [6.45, 7) is 3.40. The predicted molar refractivity (Wildman–Crippen MR) is 102 cm³/mol. The fourth-order valence-electron chi connectivity index (χ4n) is 2.80. The zero-order chi connectivity index (χ0) is 19.4. The molecule has 0 saturated carbocycles. The molecule has 1 saturated heterocycles. The van der Waals surface area contributed by atoms with Crippen molar-refractivity contribution in [2.24, 2.45) is 0 Å². The molecular formula is C19H19ClN4O3. The summed E-state index contributed by atoms with van der Waals surface area (Å²) in [5.41, 5.74) is 0.941. The molecule has 1 aliphatic rings. The number of piperazine rings is 1. The van der Waals surface area contributed by atoms with Crippen LogP contribution in [-0.2, 0) is 4.79 Å². The molecule has 140 valence electrons. The highest BCUT2D eigenvalue weighted by molar-refractivity contribution is 6.30. The van der Waals surface area contributed by atoms with Crippen molar-refractivity contribution in [1.82, 2.24) is 14.8 Å². The van der Waals surface area contributed by atoms with Gasteiger partial charge in [-0.05, 0) is 36.4 Å². The number of halogens is 1. The van der Waals surface area contributed by atoms with Gasteiger partial charge < -0.3 is 15.1 Å². The number of benzene rings is 1. The van der Waals surface area contributed by atoms with Crippen LogP contribution in [0.2, 0.25) is 5.02 Å². The summed E-state index contributed by atoms with van der Waals surface area (Å²) >= 11 is 5.83. The van der Waals surface area contributed by atoms with Gasteiger partial charge in [-0.2, -0.15) is 0 Å². The lowest BCUT2D eigenvalue weighted by Crippen LogP contribution is -2.50. The standard InChI is InChI=1S/C19H19ClN4O3/c1-13(25)23-9-11-24(12-10-23)19(27)17-4-2-3-16(22-17)18(26)21-15-7-5-14(20)6-8-15/h2-8H,9-12H2,1H3,(H,21,26). The first-order valence-corrected chi connectivity index (χ1v) is 8.90. The molecule has 1 aromatic carbocycles. The van der Waals surface area contributed by atoms with E-state index in [-0.39, 0.29) is 23.2 Å². The first-order chi connectivity index (χ1) is 12.9. The third kappa shape index (κ3) is 4.62. The van der Waals surface area contributed by atoms with Crippen LogP contribution in [0.3, 0.4) is 0 Å². The molecular weight excluding hydrogens is 368 g/mol. The molecule has 0 aliphatic carbocycles. The SMILES string of the molecule is CC(=O)N1CCN(C(=O)c2cccc(C(=O)Nc3ccc(Cl)cc3)n2)CC1. The fourth-order valence-corrected chi connectivity index (χ4v) is 2.92. The molecule has 3 rings (SSSR count). The van der Waals surface area contributed by atoms with Gasteiger partial charge in [0.15, 0.2) is 0 Å². The second kappa shape index (κ2) is 8.18. The van der Waals surface area contributed by atoms with E-state index in [2.05, 4.69) is 10.3 Å². The average Bonchev–Trinajstić information content (AvgIpc) is 2.69. The van der Waals surface area contributed by atoms with E-state index >= 15 is 0 Å². The Morgan fingerprint density at radius 3 is 2.15 bits per heavy atom. The number of hydrogen-bond acceptors (Lipinski definition) is 4. The van der Waals surface area contributed by atoms with Gasteiger partial charge in [-0.15, -0.1) is 0 Å². The molecule has 1 fully saturated rings. The lowest BCUT2D eigenvalue weighted by atomic mass is 10.2. The van der Waals surface area contributed by atoms with E-state index in [0.717, 1.165) is 0 Å². The topological polar surface area (TPSA) is 82.6 Å². The van der Waals surface area contributed by atoms with Crippen molar-refractivity contribution in [3.63, 3.8) is 0 Å². The Morgan fingerprint density at radius 2 is 1.52 bits per heavy atom. The lowest BCUT2D eigenvalue weighted by Gasteiger charge is -2.34. The molecule has 0 spiro atoms. The van der Waals surface area contributed by atoms with Crippen molar-refractivity contribution in [2.45, 2.75) is 6.92 Å². The third-order valence-corrected chi connectivity index (χ3v) is 4.57. The summed E-state index contributed by atoms with van der Waals surface area (Å²) in [6, 6.07) is 11.5. The van der Waals surface area contributed by atoms with Gasteiger partial charge in [0.1, 0.15) is 11.4 Å². The Labute approximate surface area is 161 Å². The Balaban J connectivity index is 1.67. The number of amides is 3. The second-order valence-electron chi connectivity index (χ2n) is 6.17. The van der Waals surface area contributed by atoms with Gasteiger partial charge in [-0.25, -0.2) is 4.98 Å². The normalized spacial score (nSPS) is 14.0. The van der Waals surface area contributed by atoms with Crippen molar-refractivity contribution in [1.29, 1.82) is 0 Å². The van der Waals surface area contributed by atoms with Crippen LogP contribution < -0.4 is 5.32 Å². The molecule has 0 bridgehead atoms. The van der Waals surface area contributed by atoms with E-state index in [1.54, 1.807) is 52.3 Å². The van der Waals surface area contributed by atoms with E-state index in [1.807, 2.05) is 0 Å². The van der Waals surface area contributed by atoms with Gasteiger partial charge in [0, 0.05) is 43.8 Å². The number of nitrogens with one attached hydrogen (secondary N) is 1. The van der Waals surface area contributed by atoms with Crippen LogP contribution in [0.25, 0.3) is 0 Å². The van der Waals surface area contributed by atoms with Crippen molar-refractivity contribution < 1.29 is 14.4 Å². The summed E-state index contributed by atoms with van der Waals surface area (Å²) in [5, 5.41) is 3.29. The van der Waals surface area contributed by atoms with Crippen LogP contribution in [0.5, 0.6) is 0 Å². The maximum absolute atomic E-state index is 12.7. The fraction of sp³-hybridized carbons (Fsp3) is 0.263. The van der Waals surface area contributed by atoms with Gasteiger partial charge in [-0.1, -0.05) is 17.7 Å². The van der Waals surface area contributed by atoms with Gasteiger partial charge in [0.25, 0.3) is 11.8 Å². The Morgan fingerprint density at radius 1 is 0.926 bits per heavy atom. The van der Waals surface area contributed by atoms with Crippen molar-refractivity contribution in [2.75, 3.05) is 31.5 Å². The zero-order valence-electron chi connectivity index (χ0n) is 14.8. The van der Waals surface area contributed by atoms with Crippen LogP contribution in [0.15, 0.2) is 42.5 Å².